The molecule has 110 valence electrons. The van der Waals surface area contributed by atoms with E-state index in [0.29, 0.717) is 5.54 Å². The maximum atomic E-state index is 3.77. The average molecular weight is 272 g/mol. The highest BCUT2D eigenvalue weighted by Crippen LogP contribution is 2.41. The number of rotatable bonds is 3. The number of nitrogens with one attached hydrogen (secondary N) is 1. The topological polar surface area (TPSA) is 15.3 Å². The third-order valence-electron chi connectivity index (χ3n) is 5.21. The van der Waals surface area contributed by atoms with E-state index in [1.165, 1.54) is 48.2 Å². The molecule has 0 aromatic heterocycles. The average Bonchev–Trinajstić information content (AvgIpc) is 3.18. The van der Waals surface area contributed by atoms with Gasteiger partial charge in [-0.15, -0.1) is 0 Å². The maximum Gasteiger partial charge on any atom is 0.0309 e. The summed E-state index contributed by atoms with van der Waals surface area (Å²) in [4.78, 5) is 2.65. The van der Waals surface area contributed by atoms with Crippen LogP contribution < -0.4 is 5.32 Å². The Kier molecular flexibility index (Phi) is 3.64. The number of hydrogen-bond acceptors (Lipinski definition) is 2. The van der Waals surface area contributed by atoms with Crippen molar-refractivity contribution in [2.75, 3.05) is 19.6 Å². The van der Waals surface area contributed by atoms with Crippen LogP contribution in [0.3, 0.4) is 0 Å². The van der Waals surface area contributed by atoms with Gasteiger partial charge in [0.2, 0.25) is 0 Å². The summed E-state index contributed by atoms with van der Waals surface area (Å²) < 4.78 is 0. The summed E-state index contributed by atoms with van der Waals surface area (Å²) in [6, 6.07) is 4.65. The van der Waals surface area contributed by atoms with Gasteiger partial charge in [-0.05, 0) is 63.1 Å². The van der Waals surface area contributed by atoms with E-state index < -0.39 is 0 Å². The van der Waals surface area contributed by atoms with Gasteiger partial charge < -0.3 is 5.32 Å². The second kappa shape index (κ2) is 5.16. The normalized spacial score (nSPS) is 27.8. The van der Waals surface area contributed by atoms with Crippen LogP contribution in [0.25, 0.3) is 0 Å². The predicted octanol–water partition coefficient (Wildman–Crippen LogP) is 3.19. The number of aryl methyl sites for hydroxylation is 3. The fraction of sp³-hybridized carbons (Fsp3) is 0.667. The molecule has 1 saturated heterocycles. The molecule has 1 heterocycles. The highest BCUT2D eigenvalue weighted by atomic mass is 15.2. The molecule has 2 fully saturated rings. The van der Waals surface area contributed by atoms with Crippen LogP contribution in [0.4, 0.5) is 0 Å². The van der Waals surface area contributed by atoms with Crippen molar-refractivity contribution in [3.8, 4) is 0 Å². The minimum atomic E-state index is 0.352. The van der Waals surface area contributed by atoms with Crippen LogP contribution in [0.15, 0.2) is 12.1 Å². The van der Waals surface area contributed by atoms with Gasteiger partial charge in [0, 0.05) is 31.7 Å². The number of nitrogens with zero attached hydrogens (tertiary/aromatic N) is 1. The van der Waals surface area contributed by atoms with E-state index in [2.05, 4.69) is 50.0 Å². The van der Waals surface area contributed by atoms with E-state index in [1.807, 2.05) is 0 Å². The van der Waals surface area contributed by atoms with Gasteiger partial charge in [0.15, 0.2) is 0 Å². The molecule has 2 nitrogen and oxygen atoms in total. The number of piperazine rings is 1. The standard InChI is InChI=1S/C18H28N2/c1-13-9-14(2)17(15(3)10-13)11-20-8-7-19-18(4,12-20)16-5-6-16/h9-10,16,19H,5-8,11-12H2,1-4H3. The Labute approximate surface area is 123 Å². The summed E-state index contributed by atoms with van der Waals surface area (Å²) in [6.45, 7) is 13.8. The lowest BCUT2D eigenvalue weighted by Crippen LogP contribution is -2.59. The van der Waals surface area contributed by atoms with Crippen molar-refractivity contribution >= 4 is 0 Å². The molecule has 1 aliphatic carbocycles. The summed E-state index contributed by atoms with van der Waals surface area (Å²) in [5, 5.41) is 3.77. The van der Waals surface area contributed by atoms with E-state index in [-0.39, 0.29) is 0 Å². The minimum absolute atomic E-state index is 0.352. The first-order valence-corrected chi connectivity index (χ1v) is 8.02. The highest BCUT2D eigenvalue weighted by Gasteiger charge is 2.43. The van der Waals surface area contributed by atoms with Gasteiger partial charge in [-0.25, -0.2) is 0 Å². The Hall–Kier alpha value is -0.860. The molecule has 3 rings (SSSR count). The summed E-state index contributed by atoms with van der Waals surface area (Å²) >= 11 is 0. The Morgan fingerprint density at radius 3 is 2.45 bits per heavy atom. The first-order chi connectivity index (χ1) is 9.48. The van der Waals surface area contributed by atoms with Crippen molar-refractivity contribution in [1.82, 2.24) is 10.2 Å². The molecule has 20 heavy (non-hydrogen) atoms. The third-order valence-corrected chi connectivity index (χ3v) is 5.21. The van der Waals surface area contributed by atoms with E-state index in [1.54, 1.807) is 0 Å². The second-order valence-electron chi connectivity index (χ2n) is 7.21. The summed E-state index contributed by atoms with van der Waals surface area (Å²) in [5.74, 6) is 0.908. The van der Waals surface area contributed by atoms with E-state index >= 15 is 0 Å². The van der Waals surface area contributed by atoms with Crippen molar-refractivity contribution in [2.24, 2.45) is 5.92 Å². The fourth-order valence-electron chi connectivity index (χ4n) is 3.91. The molecule has 1 N–H and O–H groups in total. The molecule has 2 heteroatoms. The van der Waals surface area contributed by atoms with Crippen molar-refractivity contribution < 1.29 is 0 Å². The molecule has 1 aliphatic heterocycles. The fourth-order valence-corrected chi connectivity index (χ4v) is 3.91. The molecule has 1 unspecified atom stereocenters. The van der Waals surface area contributed by atoms with Gasteiger partial charge in [-0.2, -0.15) is 0 Å². The number of hydrogen-bond donors (Lipinski definition) is 1. The Morgan fingerprint density at radius 1 is 1.20 bits per heavy atom. The SMILES string of the molecule is Cc1cc(C)c(CN2CCNC(C)(C3CC3)C2)c(C)c1. The predicted molar refractivity (Wildman–Crippen MR) is 85.1 cm³/mol. The smallest absolute Gasteiger partial charge is 0.0309 e. The Morgan fingerprint density at radius 2 is 1.85 bits per heavy atom. The van der Waals surface area contributed by atoms with E-state index in [9.17, 15) is 0 Å². The quantitative estimate of drug-likeness (QED) is 0.909. The molecule has 1 aromatic rings. The molecular formula is C18H28N2. The van der Waals surface area contributed by atoms with Crippen LogP contribution >= 0.6 is 0 Å². The lowest BCUT2D eigenvalue weighted by Gasteiger charge is -2.42. The summed E-state index contributed by atoms with van der Waals surface area (Å²) in [6.07, 6.45) is 2.83. The summed E-state index contributed by atoms with van der Waals surface area (Å²) in [5.41, 5.74) is 6.18. The maximum absolute atomic E-state index is 3.77. The van der Waals surface area contributed by atoms with E-state index in [0.717, 1.165) is 19.0 Å². The first-order valence-electron chi connectivity index (χ1n) is 8.02. The second-order valence-corrected chi connectivity index (χ2v) is 7.21. The summed E-state index contributed by atoms with van der Waals surface area (Å²) in [7, 11) is 0. The zero-order valence-corrected chi connectivity index (χ0v) is 13.4. The molecular weight excluding hydrogens is 244 g/mol. The monoisotopic (exact) mass is 272 g/mol. The zero-order chi connectivity index (χ0) is 14.3. The lowest BCUT2D eigenvalue weighted by atomic mass is 9.92. The molecule has 0 bridgehead atoms. The van der Waals surface area contributed by atoms with Crippen LogP contribution in [0.2, 0.25) is 0 Å². The minimum Gasteiger partial charge on any atom is -0.309 e. The molecule has 1 aromatic carbocycles. The van der Waals surface area contributed by atoms with Crippen LogP contribution in [0.5, 0.6) is 0 Å². The molecule has 1 saturated carbocycles. The first kappa shape index (κ1) is 14.1. The van der Waals surface area contributed by atoms with Crippen LogP contribution in [0.1, 0.15) is 42.0 Å². The van der Waals surface area contributed by atoms with Gasteiger partial charge in [0.25, 0.3) is 0 Å². The van der Waals surface area contributed by atoms with Crippen molar-refractivity contribution in [1.29, 1.82) is 0 Å². The van der Waals surface area contributed by atoms with Gasteiger partial charge in [0.05, 0.1) is 0 Å². The zero-order valence-electron chi connectivity index (χ0n) is 13.4. The highest BCUT2D eigenvalue weighted by molar-refractivity contribution is 5.37. The molecule has 0 radical (unpaired) electrons. The van der Waals surface area contributed by atoms with E-state index in [4.69, 9.17) is 0 Å². The lowest BCUT2D eigenvalue weighted by molar-refractivity contribution is 0.121. The molecule has 0 spiro atoms. The van der Waals surface area contributed by atoms with Crippen molar-refractivity contribution in [3.63, 3.8) is 0 Å². The Balaban J connectivity index is 1.74. The van der Waals surface area contributed by atoms with Gasteiger partial charge in [-0.3, -0.25) is 4.90 Å². The van der Waals surface area contributed by atoms with Gasteiger partial charge >= 0.3 is 0 Å². The molecule has 0 amide bonds. The van der Waals surface area contributed by atoms with Gasteiger partial charge in [0.1, 0.15) is 0 Å². The largest absolute Gasteiger partial charge is 0.309 e. The molecule has 2 aliphatic rings. The van der Waals surface area contributed by atoms with Crippen molar-refractivity contribution in [2.45, 2.75) is 52.6 Å². The van der Waals surface area contributed by atoms with Gasteiger partial charge in [-0.1, -0.05) is 17.7 Å². The van der Waals surface area contributed by atoms with Crippen LogP contribution in [0, 0.1) is 26.7 Å². The Bertz CT molecular complexity index is 481. The third kappa shape index (κ3) is 2.77. The van der Waals surface area contributed by atoms with Crippen molar-refractivity contribution in [3.05, 3.63) is 34.4 Å². The van der Waals surface area contributed by atoms with Crippen LogP contribution in [-0.4, -0.2) is 30.1 Å². The van der Waals surface area contributed by atoms with Crippen LogP contribution in [-0.2, 0) is 6.54 Å². The number of benzene rings is 1. The molecule has 1 atom stereocenters.